The smallest absolute Gasteiger partial charge is 0.276 e. The van der Waals surface area contributed by atoms with Crippen LogP contribution >= 0.6 is 15.9 Å². The zero-order valence-electron chi connectivity index (χ0n) is 9.46. The average molecular weight is 309 g/mol. The van der Waals surface area contributed by atoms with Gasteiger partial charge in [0, 0.05) is 16.7 Å². The molecule has 0 aliphatic rings. The SMILES string of the molecule is Cc1c(Oc2cncc(Br)c2)cccc1[N+](=O)[O-]. The maximum atomic E-state index is 10.8. The summed E-state index contributed by atoms with van der Waals surface area (Å²) < 4.78 is 6.36. The fourth-order valence-electron chi connectivity index (χ4n) is 1.49. The van der Waals surface area contributed by atoms with Crippen molar-refractivity contribution in [1.82, 2.24) is 4.98 Å². The molecule has 0 fully saturated rings. The van der Waals surface area contributed by atoms with E-state index in [-0.39, 0.29) is 5.69 Å². The van der Waals surface area contributed by atoms with E-state index in [1.807, 2.05) is 0 Å². The normalized spacial score (nSPS) is 10.1. The third-order valence-corrected chi connectivity index (χ3v) is 2.79. The first-order valence-electron chi connectivity index (χ1n) is 5.10. The molecule has 18 heavy (non-hydrogen) atoms. The number of pyridine rings is 1. The van der Waals surface area contributed by atoms with E-state index in [1.54, 1.807) is 37.5 Å². The van der Waals surface area contributed by atoms with E-state index in [4.69, 9.17) is 4.74 Å². The number of hydrogen-bond acceptors (Lipinski definition) is 4. The summed E-state index contributed by atoms with van der Waals surface area (Å²) in [6.45, 7) is 1.65. The Morgan fingerprint density at radius 1 is 1.39 bits per heavy atom. The van der Waals surface area contributed by atoms with Crippen molar-refractivity contribution in [2.24, 2.45) is 0 Å². The Kier molecular flexibility index (Phi) is 3.57. The van der Waals surface area contributed by atoms with Gasteiger partial charge in [0.2, 0.25) is 0 Å². The second-order valence-electron chi connectivity index (χ2n) is 3.60. The highest BCUT2D eigenvalue weighted by Gasteiger charge is 2.14. The van der Waals surface area contributed by atoms with Crippen LogP contribution in [-0.2, 0) is 0 Å². The van der Waals surface area contributed by atoms with Crippen molar-refractivity contribution in [3.8, 4) is 11.5 Å². The third kappa shape index (κ3) is 2.65. The number of ether oxygens (including phenoxy) is 1. The number of nitrogens with zero attached hydrogens (tertiary/aromatic N) is 2. The average Bonchev–Trinajstić information content (AvgIpc) is 2.31. The maximum absolute atomic E-state index is 10.8. The summed E-state index contributed by atoms with van der Waals surface area (Å²) in [5, 5.41) is 10.8. The molecule has 0 unspecified atom stereocenters. The standard InChI is InChI=1S/C12H9BrN2O3/c1-8-11(15(16)17)3-2-4-12(8)18-10-5-9(13)6-14-7-10/h2-7H,1H3. The molecule has 0 N–H and O–H groups in total. The van der Waals surface area contributed by atoms with Crippen LogP contribution in [0.3, 0.4) is 0 Å². The van der Waals surface area contributed by atoms with Crippen LogP contribution in [0.2, 0.25) is 0 Å². The largest absolute Gasteiger partial charge is 0.455 e. The fraction of sp³-hybridized carbons (Fsp3) is 0.0833. The summed E-state index contributed by atoms with van der Waals surface area (Å²) >= 11 is 3.28. The molecule has 0 atom stereocenters. The molecule has 5 nitrogen and oxygen atoms in total. The van der Waals surface area contributed by atoms with Crippen molar-refractivity contribution in [2.75, 3.05) is 0 Å². The third-order valence-electron chi connectivity index (χ3n) is 2.36. The molecule has 0 bridgehead atoms. The van der Waals surface area contributed by atoms with Gasteiger partial charge < -0.3 is 4.74 Å². The van der Waals surface area contributed by atoms with Crippen LogP contribution in [0.5, 0.6) is 11.5 Å². The predicted octanol–water partition coefficient (Wildman–Crippen LogP) is 3.85. The molecule has 2 rings (SSSR count). The van der Waals surface area contributed by atoms with Gasteiger partial charge in [-0.3, -0.25) is 15.1 Å². The lowest BCUT2D eigenvalue weighted by Gasteiger charge is -2.08. The lowest BCUT2D eigenvalue weighted by atomic mass is 10.2. The van der Waals surface area contributed by atoms with Gasteiger partial charge in [0.25, 0.3) is 5.69 Å². The Morgan fingerprint density at radius 3 is 2.83 bits per heavy atom. The predicted molar refractivity (Wildman–Crippen MR) is 69.8 cm³/mol. The Balaban J connectivity index is 2.35. The van der Waals surface area contributed by atoms with Crippen molar-refractivity contribution < 1.29 is 9.66 Å². The highest BCUT2D eigenvalue weighted by molar-refractivity contribution is 9.10. The summed E-state index contributed by atoms with van der Waals surface area (Å²) in [5.41, 5.74) is 0.526. The van der Waals surface area contributed by atoms with E-state index in [0.29, 0.717) is 17.1 Å². The second kappa shape index (κ2) is 5.14. The van der Waals surface area contributed by atoms with Gasteiger partial charge >= 0.3 is 0 Å². The zero-order valence-corrected chi connectivity index (χ0v) is 11.0. The van der Waals surface area contributed by atoms with Crippen LogP contribution in [0.4, 0.5) is 5.69 Å². The number of benzene rings is 1. The molecular weight excluding hydrogens is 300 g/mol. The molecule has 1 aromatic heterocycles. The molecule has 0 aliphatic heterocycles. The summed E-state index contributed by atoms with van der Waals surface area (Å²) in [7, 11) is 0. The zero-order chi connectivity index (χ0) is 13.1. The lowest BCUT2D eigenvalue weighted by Crippen LogP contribution is -1.94. The lowest BCUT2D eigenvalue weighted by molar-refractivity contribution is -0.385. The van der Waals surface area contributed by atoms with E-state index in [0.717, 1.165) is 4.47 Å². The van der Waals surface area contributed by atoms with Gasteiger partial charge in [-0.25, -0.2) is 0 Å². The van der Waals surface area contributed by atoms with Crippen LogP contribution < -0.4 is 4.74 Å². The number of nitro groups is 1. The maximum Gasteiger partial charge on any atom is 0.276 e. The highest BCUT2D eigenvalue weighted by atomic mass is 79.9. The van der Waals surface area contributed by atoms with Crippen molar-refractivity contribution in [3.05, 3.63) is 56.8 Å². The van der Waals surface area contributed by atoms with Gasteiger partial charge in [-0.1, -0.05) is 6.07 Å². The Hall–Kier alpha value is -1.95. The van der Waals surface area contributed by atoms with Crippen molar-refractivity contribution >= 4 is 21.6 Å². The summed E-state index contributed by atoms with van der Waals surface area (Å²) in [4.78, 5) is 14.3. The van der Waals surface area contributed by atoms with E-state index in [9.17, 15) is 10.1 Å². The topological polar surface area (TPSA) is 65.3 Å². The minimum atomic E-state index is -0.429. The van der Waals surface area contributed by atoms with Gasteiger partial charge in [0.1, 0.15) is 11.5 Å². The Bertz CT molecular complexity index is 602. The van der Waals surface area contributed by atoms with Gasteiger partial charge in [-0.15, -0.1) is 0 Å². The van der Waals surface area contributed by atoms with Crippen LogP contribution in [0.15, 0.2) is 41.1 Å². The fourth-order valence-corrected chi connectivity index (χ4v) is 1.83. The van der Waals surface area contributed by atoms with Crippen LogP contribution in [0.1, 0.15) is 5.56 Å². The first-order valence-corrected chi connectivity index (χ1v) is 5.89. The Labute approximate surface area is 112 Å². The van der Waals surface area contributed by atoms with Gasteiger partial charge in [0.15, 0.2) is 0 Å². The summed E-state index contributed by atoms with van der Waals surface area (Å²) in [6.07, 6.45) is 3.18. The number of hydrogen-bond donors (Lipinski definition) is 0. The molecule has 6 heteroatoms. The molecule has 1 heterocycles. The molecule has 0 aliphatic carbocycles. The first-order chi connectivity index (χ1) is 8.58. The molecule has 2 aromatic rings. The van der Waals surface area contributed by atoms with E-state index in [1.165, 1.54) is 6.07 Å². The molecule has 0 saturated carbocycles. The summed E-state index contributed by atoms with van der Waals surface area (Å²) in [5.74, 6) is 0.970. The monoisotopic (exact) mass is 308 g/mol. The minimum absolute atomic E-state index is 0.0375. The van der Waals surface area contributed by atoms with Crippen molar-refractivity contribution in [1.29, 1.82) is 0 Å². The van der Waals surface area contributed by atoms with Crippen molar-refractivity contribution in [3.63, 3.8) is 0 Å². The molecule has 0 spiro atoms. The first kappa shape index (κ1) is 12.5. The van der Waals surface area contributed by atoms with E-state index >= 15 is 0 Å². The minimum Gasteiger partial charge on any atom is -0.455 e. The number of aromatic nitrogens is 1. The highest BCUT2D eigenvalue weighted by Crippen LogP contribution is 2.31. The van der Waals surface area contributed by atoms with Crippen molar-refractivity contribution in [2.45, 2.75) is 6.92 Å². The molecule has 0 radical (unpaired) electrons. The molecular formula is C12H9BrN2O3. The van der Waals surface area contributed by atoms with Crippen LogP contribution in [0, 0.1) is 17.0 Å². The number of halogens is 1. The Morgan fingerprint density at radius 2 is 2.17 bits per heavy atom. The van der Waals surface area contributed by atoms with E-state index in [2.05, 4.69) is 20.9 Å². The summed E-state index contributed by atoms with van der Waals surface area (Å²) in [6, 6.07) is 6.46. The van der Waals surface area contributed by atoms with E-state index < -0.39 is 4.92 Å². The molecule has 1 aromatic carbocycles. The molecule has 0 saturated heterocycles. The second-order valence-corrected chi connectivity index (χ2v) is 4.51. The quantitative estimate of drug-likeness (QED) is 0.638. The van der Waals surface area contributed by atoms with Crippen LogP contribution in [-0.4, -0.2) is 9.91 Å². The molecule has 0 amide bonds. The molecule has 92 valence electrons. The van der Waals surface area contributed by atoms with Gasteiger partial charge in [-0.05, 0) is 35.0 Å². The number of nitro benzene ring substituents is 1. The van der Waals surface area contributed by atoms with Gasteiger partial charge in [-0.2, -0.15) is 0 Å². The van der Waals surface area contributed by atoms with Gasteiger partial charge in [0.05, 0.1) is 16.7 Å². The van der Waals surface area contributed by atoms with Crippen LogP contribution in [0.25, 0.3) is 0 Å². The number of rotatable bonds is 3.